The van der Waals surface area contributed by atoms with Crippen molar-refractivity contribution in [3.63, 3.8) is 0 Å². The third-order valence-corrected chi connectivity index (χ3v) is 4.73. The fourth-order valence-electron chi connectivity index (χ4n) is 2.55. The number of hydrogen-bond donors (Lipinski definition) is 1. The lowest BCUT2D eigenvalue weighted by molar-refractivity contribution is 0.0669. The first-order chi connectivity index (χ1) is 11.2. The standard InChI is InChI=1S/C17H19N3O2S/c21-16(15-7-4-12-23-15)19-8-10-20(11-9-19)17(22)18-13-14-5-2-1-3-6-14/h1-7,12H,8-11,13H2,(H,18,22). The van der Waals surface area contributed by atoms with E-state index >= 15 is 0 Å². The van der Waals surface area contributed by atoms with Crippen LogP contribution in [0.3, 0.4) is 0 Å². The molecule has 5 nitrogen and oxygen atoms in total. The van der Waals surface area contributed by atoms with Gasteiger partial charge in [0.05, 0.1) is 4.88 Å². The molecule has 1 fully saturated rings. The summed E-state index contributed by atoms with van der Waals surface area (Å²) in [4.78, 5) is 28.8. The Balaban J connectivity index is 1.47. The summed E-state index contributed by atoms with van der Waals surface area (Å²) in [5, 5.41) is 4.83. The van der Waals surface area contributed by atoms with Crippen molar-refractivity contribution in [2.45, 2.75) is 6.54 Å². The topological polar surface area (TPSA) is 52.7 Å². The highest BCUT2D eigenvalue weighted by Gasteiger charge is 2.25. The van der Waals surface area contributed by atoms with Crippen molar-refractivity contribution in [2.75, 3.05) is 26.2 Å². The lowest BCUT2D eigenvalue weighted by Crippen LogP contribution is -2.53. The smallest absolute Gasteiger partial charge is 0.317 e. The first-order valence-corrected chi connectivity index (χ1v) is 8.51. The third-order valence-electron chi connectivity index (χ3n) is 3.87. The Kier molecular flexibility index (Phi) is 4.92. The number of rotatable bonds is 3. The summed E-state index contributed by atoms with van der Waals surface area (Å²) in [5.74, 6) is 0.0596. The maximum Gasteiger partial charge on any atom is 0.317 e. The second-order valence-corrected chi connectivity index (χ2v) is 6.35. The molecule has 1 aromatic heterocycles. The Bertz CT molecular complexity index is 650. The number of amides is 3. The van der Waals surface area contributed by atoms with Crippen molar-refractivity contribution < 1.29 is 9.59 Å². The molecule has 0 radical (unpaired) electrons. The molecule has 0 bridgehead atoms. The molecule has 1 aromatic carbocycles. The SMILES string of the molecule is O=C(NCc1ccccc1)N1CCN(C(=O)c2cccs2)CC1. The van der Waals surface area contributed by atoms with Crippen LogP contribution in [0.15, 0.2) is 47.8 Å². The summed E-state index contributed by atoms with van der Waals surface area (Å²) in [6, 6.07) is 13.5. The molecule has 2 aromatic rings. The van der Waals surface area contributed by atoms with E-state index in [1.54, 1.807) is 4.90 Å². The number of nitrogens with zero attached hydrogens (tertiary/aromatic N) is 2. The second-order valence-electron chi connectivity index (χ2n) is 5.40. The molecule has 0 atom stereocenters. The fourth-order valence-corrected chi connectivity index (χ4v) is 3.24. The summed E-state index contributed by atoms with van der Waals surface area (Å²) in [7, 11) is 0. The van der Waals surface area contributed by atoms with Gasteiger partial charge in [-0.05, 0) is 17.0 Å². The van der Waals surface area contributed by atoms with Gasteiger partial charge in [0.25, 0.3) is 5.91 Å². The van der Waals surface area contributed by atoms with E-state index < -0.39 is 0 Å². The molecular formula is C17H19N3O2S. The van der Waals surface area contributed by atoms with Gasteiger partial charge in [0.2, 0.25) is 0 Å². The zero-order valence-corrected chi connectivity index (χ0v) is 13.6. The van der Waals surface area contributed by atoms with Crippen LogP contribution in [-0.2, 0) is 6.54 Å². The van der Waals surface area contributed by atoms with Crippen LogP contribution >= 0.6 is 11.3 Å². The van der Waals surface area contributed by atoms with Crippen molar-refractivity contribution >= 4 is 23.3 Å². The van der Waals surface area contributed by atoms with E-state index in [9.17, 15) is 9.59 Å². The van der Waals surface area contributed by atoms with Gasteiger partial charge in [0.15, 0.2) is 0 Å². The third kappa shape index (κ3) is 3.90. The van der Waals surface area contributed by atoms with Gasteiger partial charge < -0.3 is 15.1 Å². The van der Waals surface area contributed by atoms with Crippen LogP contribution in [0, 0.1) is 0 Å². The molecule has 1 saturated heterocycles. The van der Waals surface area contributed by atoms with Crippen molar-refractivity contribution in [1.82, 2.24) is 15.1 Å². The van der Waals surface area contributed by atoms with Crippen LogP contribution < -0.4 is 5.32 Å². The fraction of sp³-hybridized carbons (Fsp3) is 0.294. The number of nitrogens with one attached hydrogen (secondary N) is 1. The number of urea groups is 1. The Morgan fingerprint density at radius 3 is 2.30 bits per heavy atom. The molecule has 6 heteroatoms. The lowest BCUT2D eigenvalue weighted by atomic mass is 10.2. The minimum absolute atomic E-state index is 0.0596. The van der Waals surface area contributed by atoms with Gasteiger partial charge in [-0.25, -0.2) is 4.79 Å². The predicted molar refractivity (Wildman–Crippen MR) is 90.5 cm³/mol. The molecular weight excluding hydrogens is 310 g/mol. The summed E-state index contributed by atoms with van der Waals surface area (Å²) < 4.78 is 0. The van der Waals surface area contributed by atoms with E-state index in [4.69, 9.17) is 0 Å². The van der Waals surface area contributed by atoms with Gasteiger partial charge >= 0.3 is 6.03 Å². The van der Waals surface area contributed by atoms with Crippen LogP contribution in [0.25, 0.3) is 0 Å². The largest absolute Gasteiger partial charge is 0.334 e. The van der Waals surface area contributed by atoms with Crippen molar-refractivity contribution in [3.05, 3.63) is 58.3 Å². The minimum Gasteiger partial charge on any atom is -0.334 e. The molecule has 1 N–H and O–H groups in total. The number of benzene rings is 1. The van der Waals surface area contributed by atoms with Crippen LogP contribution in [0.1, 0.15) is 15.2 Å². The normalized spacial score (nSPS) is 14.6. The highest BCUT2D eigenvalue weighted by Crippen LogP contribution is 2.14. The number of thiophene rings is 1. The van der Waals surface area contributed by atoms with Gasteiger partial charge in [-0.15, -0.1) is 11.3 Å². The summed E-state index contributed by atoms with van der Waals surface area (Å²) >= 11 is 1.45. The number of carbonyl (C=O) groups is 2. The zero-order valence-electron chi connectivity index (χ0n) is 12.8. The Labute approximate surface area is 139 Å². The molecule has 1 aliphatic heterocycles. The van der Waals surface area contributed by atoms with Gasteiger partial charge in [0.1, 0.15) is 0 Å². The minimum atomic E-state index is -0.0722. The zero-order chi connectivity index (χ0) is 16.1. The summed E-state index contributed by atoms with van der Waals surface area (Å²) in [5.41, 5.74) is 1.08. The molecule has 0 aliphatic carbocycles. The van der Waals surface area contributed by atoms with Gasteiger partial charge in [-0.3, -0.25) is 4.79 Å². The maximum atomic E-state index is 12.3. The van der Waals surface area contributed by atoms with E-state index in [2.05, 4.69) is 5.32 Å². The quantitative estimate of drug-likeness (QED) is 0.940. The molecule has 2 heterocycles. The number of piperazine rings is 1. The maximum absolute atomic E-state index is 12.3. The summed E-state index contributed by atoms with van der Waals surface area (Å²) in [6.45, 7) is 2.81. The summed E-state index contributed by atoms with van der Waals surface area (Å²) in [6.07, 6.45) is 0. The van der Waals surface area contributed by atoms with Gasteiger partial charge in [0, 0.05) is 32.7 Å². The lowest BCUT2D eigenvalue weighted by Gasteiger charge is -2.34. The van der Waals surface area contributed by atoms with Gasteiger partial charge in [-0.2, -0.15) is 0 Å². The highest BCUT2D eigenvalue weighted by atomic mass is 32.1. The molecule has 120 valence electrons. The van der Waals surface area contributed by atoms with E-state index in [0.29, 0.717) is 32.7 Å². The average molecular weight is 329 g/mol. The van der Waals surface area contributed by atoms with Crippen molar-refractivity contribution in [1.29, 1.82) is 0 Å². The molecule has 0 saturated carbocycles. The van der Waals surface area contributed by atoms with Crippen LogP contribution in [-0.4, -0.2) is 47.9 Å². The first-order valence-electron chi connectivity index (χ1n) is 7.63. The average Bonchev–Trinajstić information content (AvgIpc) is 3.15. The van der Waals surface area contributed by atoms with E-state index in [1.807, 2.05) is 52.7 Å². The number of hydrogen-bond acceptors (Lipinski definition) is 3. The van der Waals surface area contributed by atoms with Crippen molar-refractivity contribution in [3.8, 4) is 0 Å². The number of carbonyl (C=O) groups excluding carboxylic acids is 2. The van der Waals surface area contributed by atoms with E-state index in [1.165, 1.54) is 11.3 Å². The Morgan fingerprint density at radius 1 is 0.957 bits per heavy atom. The van der Waals surface area contributed by atoms with Crippen LogP contribution in [0.2, 0.25) is 0 Å². The molecule has 3 amide bonds. The monoisotopic (exact) mass is 329 g/mol. The van der Waals surface area contributed by atoms with Gasteiger partial charge in [-0.1, -0.05) is 36.4 Å². The molecule has 3 rings (SSSR count). The van der Waals surface area contributed by atoms with E-state index in [-0.39, 0.29) is 11.9 Å². The molecule has 0 spiro atoms. The highest BCUT2D eigenvalue weighted by molar-refractivity contribution is 7.12. The van der Waals surface area contributed by atoms with Crippen LogP contribution in [0.4, 0.5) is 4.79 Å². The Hall–Kier alpha value is -2.34. The van der Waals surface area contributed by atoms with E-state index in [0.717, 1.165) is 10.4 Å². The van der Waals surface area contributed by atoms with Crippen LogP contribution in [0.5, 0.6) is 0 Å². The second kappa shape index (κ2) is 7.28. The first kappa shape index (κ1) is 15.6. The van der Waals surface area contributed by atoms with Crippen molar-refractivity contribution in [2.24, 2.45) is 0 Å². The molecule has 0 unspecified atom stereocenters. The predicted octanol–water partition coefficient (Wildman–Crippen LogP) is 2.42. The molecule has 1 aliphatic rings. The molecule has 23 heavy (non-hydrogen) atoms. The Morgan fingerprint density at radius 2 is 1.65 bits per heavy atom.